The molecule has 80 valence electrons. The molecule has 0 bridgehead atoms. The predicted octanol–water partition coefficient (Wildman–Crippen LogP) is 1.03. The summed E-state index contributed by atoms with van der Waals surface area (Å²) in [5.41, 5.74) is 0. The van der Waals surface area contributed by atoms with Crippen LogP contribution in [-0.4, -0.2) is 37.1 Å². The fourth-order valence-corrected chi connectivity index (χ4v) is 2.22. The van der Waals surface area contributed by atoms with Gasteiger partial charge in [-0.15, -0.1) is 0 Å². The summed E-state index contributed by atoms with van der Waals surface area (Å²) in [4.78, 5) is 6.54. The van der Waals surface area contributed by atoms with Crippen molar-refractivity contribution in [3.63, 3.8) is 0 Å². The summed E-state index contributed by atoms with van der Waals surface area (Å²) in [6.07, 6.45) is 2.75. The maximum Gasteiger partial charge on any atom is 0.187 e. The van der Waals surface area contributed by atoms with Gasteiger partial charge in [-0.2, -0.15) is 0 Å². The van der Waals surface area contributed by atoms with Crippen LogP contribution in [-0.2, 0) is 9.47 Å². The average molecular weight is 206 g/mol. The first-order chi connectivity index (χ1) is 7.38. The Labute approximate surface area is 88.8 Å². The van der Waals surface area contributed by atoms with Crippen molar-refractivity contribution in [1.29, 1.82) is 0 Å². The highest BCUT2D eigenvalue weighted by Gasteiger charge is 2.43. The van der Waals surface area contributed by atoms with Gasteiger partial charge in [0.25, 0.3) is 0 Å². The Morgan fingerprint density at radius 1 is 1.27 bits per heavy atom. The van der Waals surface area contributed by atoms with Crippen LogP contribution in [0.1, 0.15) is 6.42 Å². The number of hydrogen-bond donors (Lipinski definition) is 0. The SMILES string of the molecule is c1ccc(N2CCC3(C2)OCCO3)nc1. The van der Waals surface area contributed by atoms with E-state index in [9.17, 15) is 0 Å². The fraction of sp³-hybridized carbons (Fsp3) is 0.545. The number of anilines is 1. The van der Waals surface area contributed by atoms with E-state index in [0.717, 1.165) is 38.5 Å². The normalized spacial score (nSPS) is 23.9. The lowest BCUT2D eigenvalue weighted by atomic mass is 10.2. The van der Waals surface area contributed by atoms with Crippen molar-refractivity contribution in [1.82, 2.24) is 4.98 Å². The third kappa shape index (κ3) is 1.60. The molecule has 2 aliphatic heterocycles. The maximum atomic E-state index is 5.66. The summed E-state index contributed by atoms with van der Waals surface area (Å²) in [6, 6.07) is 5.95. The van der Waals surface area contributed by atoms with Crippen molar-refractivity contribution in [2.24, 2.45) is 0 Å². The summed E-state index contributed by atoms with van der Waals surface area (Å²) in [5, 5.41) is 0. The molecule has 3 heterocycles. The largest absolute Gasteiger partial charge is 0.351 e. The van der Waals surface area contributed by atoms with Crippen molar-refractivity contribution < 1.29 is 9.47 Å². The molecule has 0 aliphatic carbocycles. The van der Waals surface area contributed by atoms with Crippen LogP contribution < -0.4 is 4.90 Å². The highest BCUT2D eigenvalue weighted by atomic mass is 16.7. The van der Waals surface area contributed by atoms with Crippen LogP contribution >= 0.6 is 0 Å². The van der Waals surface area contributed by atoms with Gasteiger partial charge in [0, 0.05) is 19.2 Å². The summed E-state index contributed by atoms with van der Waals surface area (Å²) < 4.78 is 11.3. The second-order valence-electron chi connectivity index (χ2n) is 3.97. The summed E-state index contributed by atoms with van der Waals surface area (Å²) >= 11 is 0. The van der Waals surface area contributed by atoms with E-state index in [-0.39, 0.29) is 5.79 Å². The number of aromatic nitrogens is 1. The molecule has 3 rings (SSSR count). The van der Waals surface area contributed by atoms with Crippen LogP contribution in [0.25, 0.3) is 0 Å². The molecule has 4 nitrogen and oxygen atoms in total. The molecule has 1 aromatic heterocycles. The Morgan fingerprint density at radius 2 is 2.13 bits per heavy atom. The van der Waals surface area contributed by atoms with Crippen molar-refractivity contribution in [3.8, 4) is 0 Å². The molecular formula is C11H14N2O2. The van der Waals surface area contributed by atoms with Gasteiger partial charge in [-0.3, -0.25) is 0 Å². The van der Waals surface area contributed by atoms with Gasteiger partial charge in [-0.25, -0.2) is 4.98 Å². The zero-order chi connectivity index (χ0) is 10.1. The third-order valence-electron chi connectivity index (χ3n) is 2.98. The highest BCUT2D eigenvalue weighted by Crippen LogP contribution is 2.32. The van der Waals surface area contributed by atoms with Gasteiger partial charge in [-0.05, 0) is 12.1 Å². The molecule has 0 atom stereocenters. The minimum atomic E-state index is -0.350. The topological polar surface area (TPSA) is 34.6 Å². The van der Waals surface area contributed by atoms with Crippen LogP contribution in [0, 0.1) is 0 Å². The Morgan fingerprint density at radius 3 is 2.87 bits per heavy atom. The monoisotopic (exact) mass is 206 g/mol. The number of pyridine rings is 1. The zero-order valence-corrected chi connectivity index (χ0v) is 8.56. The van der Waals surface area contributed by atoms with Gasteiger partial charge in [-0.1, -0.05) is 6.07 Å². The molecule has 2 fully saturated rings. The third-order valence-corrected chi connectivity index (χ3v) is 2.98. The Hall–Kier alpha value is -1.13. The molecule has 0 unspecified atom stereocenters. The summed E-state index contributed by atoms with van der Waals surface area (Å²) in [7, 11) is 0. The fourth-order valence-electron chi connectivity index (χ4n) is 2.22. The van der Waals surface area contributed by atoms with Crippen molar-refractivity contribution >= 4 is 5.82 Å². The van der Waals surface area contributed by atoms with Crippen molar-refractivity contribution in [2.75, 3.05) is 31.2 Å². The van der Waals surface area contributed by atoms with Crippen LogP contribution in [0.4, 0.5) is 5.82 Å². The highest BCUT2D eigenvalue weighted by molar-refractivity contribution is 5.39. The minimum Gasteiger partial charge on any atom is -0.351 e. The number of hydrogen-bond acceptors (Lipinski definition) is 4. The molecular weight excluding hydrogens is 192 g/mol. The Bertz CT molecular complexity index is 336. The van der Waals surface area contributed by atoms with Gasteiger partial charge in [0.05, 0.1) is 19.8 Å². The molecule has 0 amide bonds. The van der Waals surface area contributed by atoms with Gasteiger partial charge in [0.15, 0.2) is 5.79 Å². The van der Waals surface area contributed by atoms with Gasteiger partial charge < -0.3 is 14.4 Å². The van der Waals surface area contributed by atoms with E-state index in [0.29, 0.717) is 0 Å². The molecule has 0 saturated carbocycles. The molecule has 15 heavy (non-hydrogen) atoms. The summed E-state index contributed by atoms with van der Waals surface area (Å²) in [5.74, 6) is 0.658. The van der Waals surface area contributed by atoms with Crippen LogP contribution in [0.5, 0.6) is 0 Å². The lowest BCUT2D eigenvalue weighted by Gasteiger charge is -2.22. The zero-order valence-electron chi connectivity index (χ0n) is 8.56. The standard InChI is InChI=1S/C11H14N2O2/c1-2-5-12-10(3-1)13-6-4-11(9-13)14-7-8-15-11/h1-3,5H,4,6-9H2. The van der Waals surface area contributed by atoms with Crippen LogP contribution in [0.3, 0.4) is 0 Å². The van der Waals surface area contributed by atoms with E-state index in [1.807, 2.05) is 24.4 Å². The molecule has 1 aromatic rings. The lowest BCUT2D eigenvalue weighted by Crippen LogP contribution is -2.34. The van der Waals surface area contributed by atoms with E-state index < -0.39 is 0 Å². The molecule has 2 aliphatic rings. The minimum absolute atomic E-state index is 0.350. The summed E-state index contributed by atoms with van der Waals surface area (Å²) in [6.45, 7) is 3.19. The smallest absolute Gasteiger partial charge is 0.187 e. The van der Waals surface area contributed by atoms with E-state index >= 15 is 0 Å². The quantitative estimate of drug-likeness (QED) is 0.687. The lowest BCUT2D eigenvalue weighted by molar-refractivity contribution is -0.137. The number of rotatable bonds is 1. The van der Waals surface area contributed by atoms with Gasteiger partial charge in [0.2, 0.25) is 0 Å². The van der Waals surface area contributed by atoms with E-state index in [2.05, 4.69) is 9.88 Å². The van der Waals surface area contributed by atoms with Gasteiger partial charge in [0.1, 0.15) is 5.82 Å². The second-order valence-corrected chi connectivity index (χ2v) is 3.97. The molecule has 2 saturated heterocycles. The Balaban J connectivity index is 1.76. The maximum absolute atomic E-state index is 5.66. The number of ether oxygens (including phenoxy) is 2. The van der Waals surface area contributed by atoms with Crippen LogP contribution in [0.2, 0.25) is 0 Å². The molecule has 4 heteroatoms. The van der Waals surface area contributed by atoms with E-state index in [1.54, 1.807) is 0 Å². The molecule has 0 aromatic carbocycles. The second kappa shape index (κ2) is 3.47. The average Bonchev–Trinajstić information content (AvgIpc) is 2.91. The molecule has 1 spiro atoms. The van der Waals surface area contributed by atoms with Gasteiger partial charge >= 0.3 is 0 Å². The molecule has 0 N–H and O–H groups in total. The first-order valence-corrected chi connectivity index (χ1v) is 5.32. The number of nitrogens with zero attached hydrogens (tertiary/aromatic N) is 2. The molecule has 0 radical (unpaired) electrons. The first-order valence-electron chi connectivity index (χ1n) is 5.32. The van der Waals surface area contributed by atoms with E-state index in [1.165, 1.54) is 0 Å². The Kier molecular flexibility index (Phi) is 2.11. The van der Waals surface area contributed by atoms with Crippen molar-refractivity contribution in [2.45, 2.75) is 12.2 Å². The first kappa shape index (κ1) is 9.12. The van der Waals surface area contributed by atoms with Crippen molar-refractivity contribution in [3.05, 3.63) is 24.4 Å². The van der Waals surface area contributed by atoms with E-state index in [4.69, 9.17) is 9.47 Å². The predicted molar refractivity (Wildman–Crippen MR) is 55.7 cm³/mol. The van der Waals surface area contributed by atoms with Crippen LogP contribution in [0.15, 0.2) is 24.4 Å².